The molecule has 6 atom stereocenters. The fraction of sp³-hybridized carbons (Fsp3) is 0.636. The van der Waals surface area contributed by atoms with Crippen molar-refractivity contribution >= 4 is 0 Å². The summed E-state index contributed by atoms with van der Waals surface area (Å²) in [6, 6.07) is 0. The lowest BCUT2D eigenvalue weighted by atomic mass is 9.96. The first kappa shape index (κ1) is 21.3. The van der Waals surface area contributed by atoms with E-state index in [9.17, 15) is 20.4 Å². The summed E-state index contributed by atoms with van der Waals surface area (Å²) < 4.78 is 5.00. The first-order valence-electron chi connectivity index (χ1n) is 5.49. The summed E-state index contributed by atoms with van der Waals surface area (Å²) in [6.45, 7) is -0.774. The van der Waals surface area contributed by atoms with Gasteiger partial charge in [-0.25, -0.2) is 0 Å². The summed E-state index contributed by atoms with van der Waals surface area (Å²) in [5, 5.41) is 56.1. The molecule has 0 fully saturated rings. The van der Waals surface area contributed by atoms with Crippen LogP contribution in [-0.2, 0) is 4.74 Å². The fourth-order valence-electron chi connectivity index (χ4n) is 1.53. The molecule has 120 valence electrons. The summed E-state index contributed by atoms with van der Waals surface area (Å²) in [5.74, 6) is 0. The molecule has 1 aliphatic rings. The quantitative estimate of drug-likeness (QED) is 0.285. The van der Waals surface area contributed by atoms with Gasteiger partial charge in [0.15, 0.2) is 0 Å². The lowest BCUT2D eigenvalue weighted by molar-refractivity contribution is -0.153. The average Bonchev–Trinajstić information content (AvgIpc) is 2.44. The third-order valence-corrected chi connectivity index (χ3v) is 2.69. The molecule has 0 saturated carbocycles. The normalized spacial score (nSPS) is 24.4. The van der Waals surface area contributed by atoms with Crippen LogP contribution in [0.4, 0.5) is 0 Å². The van der Waals surface area contributed by atoms with Gasteiger partial charge in [-0.2, -0.15) is 0 Å². The van der Waals surface area contributed by atoms with Gasteiger partial charge >= 0.3 is 0 Å². The Morgan fingerprint density at radius 2 is 1.50 bits per heavy atom. The second-order valence-electron chi connectivity index (χ2n) is 4.03. The van der Waals surface area contributed by atoms with Crippen LogP contribution >= 0.6 is 0 Å². The van der Waals surface area contributed by atoms with Crippen LogP contribution in [0, 0.1) is 0 Å². The van der Waals surface area contributed by atoms with Gasteiger partial charge in [-0.3, -0.25) is 0 Å². The average molecular weight is 298 g/mol. The minimum Gasteiger partial charge on any atom is -0.491 e. The van der Waals surface area contributed by atoms with Crippen LogP contribution < -0.4 is 0 Å². The van der Waals surface area contributed by atoms with Crippen molar-refractivity contribution in [2.75, 3.05) is 6.61 Å². The molecule has 1 heterocycles. The molecule has 1 aliphatic heterocycles. The van der Waals surface area contributed by atoms with Crippen LogP contribution in [0.1, 0.15) is 0 Å². The highest BCUT2D eigenvalue weighted by Gasteiger charge is 2.37. The maximum Gasteiger partial charge on any atom is 0.145 e. The van der Waals surface area contributed by atoms with E-state index in [0.29, 0.717) is 0 Å². The van der Waals surface area contributed by atoms with Gasteiger partial charge in [0.1, 0.15) is 36.6 Å². The zero-order chi connectivity index (χ0) is 13.7. The lowest BCUT2D eigenvalue weighted by Gasteiger charge is -2.31. The van der Waals surface area contributed by atoms with E-state index in [0.717, 1.165) is 0 Å². The third kappa shape index (κ3) is 5.15. The molecule has 2 unspecified atom stereocenters. The van der Waals surface area contributed by atoms with E-state index in [-0.39, 0.29) is 11.0 Å². The first-order chi connectivity index (χ1) is 8.49. The maximum atomic E-state index is 9.74. The van der Waals surface area contributed by atoms with E-state index >= 15 is 0 Å². The predicted molar refractivity (Wildman–Crippen MR) is 67.5 cm³/mol. The highest BCUT2D eigenvalue weighted by atomic mass is 16.5. The van der Waals surface area contributed by atoms with Crippen LogP contribution in [0.2, 0.25) is 0 Å². The molecule has 0 saturated heterocycles. The van der Waals surface area contributed by atoms with E-state index < -0.39 is 43.2 Å². The van der Waals surface area contributed by atoms with E-state index in [2.05, 4.69) is 0 Å². The summed E-state index contributed by atoms with van der Waals surface area (Å²) in [7, 11) is 0. The van der Waals surface area contributed by atoms with E-state index in [1.54, 1.807) is 12.2 Å². The Bertz CT molecular complexity index is 306. The molecule has 0 bridgehead atoms. The van der Waals surface area contributed by atoms with Crippen molar-refractivity contribution in [3.8, 4) is 0 Å². The van der Waals surface area contributed by atoms with Crippen LogP contribution in [0.25, 0.3) is 0 Å². The molecular formula is C11H22O9. The van der Waals surface area contributed by atoms with Gasteiger partial charge in [0.25, 0.3) is 0 Å². The molecule has 0 aromatic heterocycles. The zero-order valence-electron chi connectivity index (χ0n) is 10.6. The van der Waals surface area contributed by atoms with Gasteiger partial charge in [-0.05, 0) is 12.2 Å². The highest BCUT2D eigenvalue weighted by molar-refractivity contribution is 5.10. The van der Waals surface area contributed by atoms with Crippen LogP contribution in [0.15, 0.2) is 24.5 Å². The summed E-state index contributed by atoms with van der Waals surface area (Å²) >= 11 is 0. The standard InChI is InChI=1S/C11H18O7.2H2O/c12-5-6(13)8(14)10(16)11(17)9(15)7-3-1-2-4-18-7;;/h1-4,6-17H,5H2;2*1H2/t6-,7?,8-,9?,10+,11-;;/m1../s1. The minimum absolute atomic E-state index is 0. The molecule has 0 aliphatic carbocycles. The topological polar surface area (TPSA) is 194 Å². The Morgan fingerprint density at radius 1 is 0.900 bits per heavy atom. The Morgan fingerprint density at radius 3 is 1.95 bits per heavy atom. The molecule has 1 rings (SSSR count). The van der Waals surface area contributed by atoms with Gasteiger partial charge in [0.05, 0.1) is 12.9 Å². The number of ether oxygens (including phenoxy) is 1. The SMILES string of the molecule is O.O.OC[C@@H](O)[C@@H](O)[C@H](O)[C@H](O)C(O)C1C=CC=CO1. The number of hydrogen-bond donors (Lipinski definition) is 6. The van der Waals surface area contributed by atoms with Crippen molar-refractivity contribution in [2.45, 2.75) is 36.6 Å². The summed E-state index contributed by atoms with van der Waals surface area (Å²) in [5.41, 5.74) is 0. The smallest absolute Gasteiger partial charge is 0.145 e. The Kier molecular flexibility index (Phi) is 10.4. The Labute approximate surface area is 115 Å². The van der Waals surface area contributed by atoms with Gasteiger partial charge in [-0.15, -0.1) is 0 Å². The second-order valence-corrected chi connectivity index (χ2v) is 4.03. The van der Waals surface area contributed by atoms with Crippen molar-refractivity contribution in [2.24, 2.45) is 0 Å². The largest absolute Gasteiger partial charge is 0.491 e. The van der Waals surface area contributed by atoms with Crippen LogP contribution in [0.3, 0.4) is 0 Å². The Hall–Kier alpha value is -1.04. The van der Waals surface area contributed by atoms with E-state index in [1.807, 2.05) is 0 Å². The van der Waals surface area contributed by atoms with E-state index in [4.69, 9.17) is 14.9 Å². The maximum absolute atomic E-state index is 9.74. The molecule has 0 spiro atoms. The van der Waals surface area contributed by atoms with Gasteiger partial charge in [-0.1, -0.05) is 6.08 Å². The van der Waals surface area contributed by atoms with Crippen LogP contribution in [0.5, 0.6) is 0 Å². The molecule has 0 aromatic carbocycles. The fourth-order valence-corrected chi connectivity index (χ4v) is 1.53. The van der Waals surface area contributed by atoms with Crippen LogP contribution in [-0.4, -0.2) is 84.8 Å². The van der Waals surface area contributed by atoms with Gasteiger partial charge in [0, 0.05) is 0 Å². The molecule has 9 heteroatoms. The number of aliphatic hydroxyl groups excluding tert-OH is 6. The molecule has 0 amide bonds. The number of aliphatic hydroxyl groups is 6. The summed E-state index contributed by atoms with van der Waals surface area (Å²) in [6.07, 6.45) is -3.33. The molecule has 20 heavy (non-hydrogen) atoms. The van der Waals surface area contributed by atoms with Crippen molar-refractivity contribution in [1.29, 1.82) is 0 Å². The van der Waals surface area contributed by atoms with Crippen molar-refractivity contribution < 1.29 is 46.3 Å². The minimum atomic E-state index is -1.81. The van der Waals surface area contributed by atoms with Crippen molar-refractivity contribution in [1.82, 2.24) is 0 Å². The summed E-state index contributed by atoms with van der Waals surface area (Å²) in [4.78, 5) is 0. The lowest BCUT2D eigenvalue weighted by Crippen LogP contribution is -2.52. The molecule has 0 aromatic rings. The number of rotatable bonds is 6. The molecular weight excluding hydrogens is 276 g/mol. The Balaban J connectivity index is 0. The molecule has 10 N–H and O–H groups in total. The third-order valence-electron chi connectivity index (χ3n) is 2.69. The molecule has 0 radical (unpaired) electrons. The molecule has 9 nitrogen and oxygen atoms in total. The predicted octanol–water partition coefficient (Wildman–Crippen LogP) is -4.40. The zero-order valence-corrected chi connectivity index (χ0v) is 10.6. The monoisotopic (exact) mass is 298 g/mol. The number of hydrogen-bond acceptors (Lipinski definition) is 7. The van der Waals surface area contributed by atoms with Crippen molar-refractivity contribution in [3.63, 3.8) is 0 Å². The first-order valence-corrected chi connectivity index (χ1v) is 5.49. The second kappa shape index (κ2) is 9.80. The highest BCUT2D eigenvalue weighted by Crippen LogP contribution is 2.15. The van der Waals surface area contributed by atoms with Gasteiger partial charge < -0.3 is 46.3 Å². The number of allylic oxidation sites excluding steroid dienone is 2. The van der Waals surface area contributed by atoms with Crippen molar-refractivity contribution in [3.05, 3.63) is 24.5 Å². The van der Waals surface area contributed by atoms with E-state index in [1.165, 1.54) is 12.3 Å². The van der Waals surface area contributed by atoms with Gasteiger partial charge in [0.2, 0.25) is 0 Å².